The van der Waals surface area contributed by atoms with Crippen molar-refractivity contribution < 1.29 is 14.8 Å². The number of benzene rings is 1. The van der Waals surface area contributed by atoms with Gasteiger partial charge in [0.05, 0.1) is 10.6 Å². The Balaban J connectivity index is 2.56. The Kier molecular flexibility index (Phi) is 2.87. The molecule has 1 aromatic heterocycles. The van der Waals surface area contributed by atoms with Crippen LogP contribution in [0.15, 0.2) is 29.1 Å². The normalized spacial score (nSPS) is 10.4. The molecule has 0 aliphatic carbocycles. The first-order valence-electron chi connectivity index (χ1n) is 5.06. The molecule has 0 saturated heterocycles. The summed E-state index contributed by atoms with van der Waals surface area (Å²) in [6.07, 6.45) is 0. The van der Waals surface area contributed by atoms with Gasteiger partial charge in [0.2, 0.25) is 5.82 Å². The van der Waals surface area contributed by atoms with E-state index in [0.29, 0.717) is 0 Å². The Morgan fingerprint density at radius 3 is 2.37 bits per heavy atom. The highest BCUT2D eigenvalue weighted by atomic mass is 16.6. The second kappa shape index (κ2) is 4.37. The zero-order valence-corrected chi connectivity index (χ0v) is 9.68. The molecule has 0 unspecified atom stereocenters. The fourth-order valence-corrected chi connectivity index (χ4v) is 1.62. The van der Waals surface area contributed by atoms with Crippen molar-refractivity contribution in [2.75, 3.05) is 0 Å². The van der Waals surface area contributed by atoms with Crippen LogP contribution in [-0.4, -0.2) is 30.3 Å². The van der Waals surface area contributed by atoms with Gasteiger partial charge in [-0.25, -0.2) is 9.59 Å². The molecule has 2 aromatic rings. The van der Waals surface area contributed by atoms with Crippen LogP contribution in [0.4, 0.5) is 5.69 Å². The van der Waals surface area contributed by atoms with Gasteiger partial charge in [-0.2, -0.15) is 9.67 Å². The van der Waals surface area contributed by atoms with E-state index in [1.165, 1.54) is 31.3 Å². The Labute approximate surface area is 105 Å². The molecule has 1 aromatic carbocycles. The monoisotopic (exact) mass is 264 g/mol. The highest BCUT2D eigenvalue weighted by Crippen LogP contribution is 2.14. The predicted octanol–water partition coefficient (Wildman–Crippen LogP) is 0.177. The third kappa shape index (κ3) is 2.08. The van der Waals surface area contributed by atoms with E-state index < -0.39 is 22.4 Å². The van der Waals surface area contributed by atoms with Crippen LogP contribution in [0.3, 0.4) is 0 Å². The molecule has 0 spiro atoms. The number of carboxylic acids is 1. The molecule has 1 N–H and O–H groups in total. The van der Waals surface area contributed by atoms with Gasteiger partial charge < -0.3 is 5.11 Å². The lowest BCUT2D eigenvalue weighted by Gasteiger charge is -2.06. The number of nitro benzene ring substituents is 1. The number of rotatable bonds is 3. The number of hydrogen-bond donors (Lipinski definition) is 1. The number of aromatic carboxylic acids is 1. The largest absolute Gasteiger partial charge is 0.475 e. The SMILES string of the molecule is Cn1c(C(=O)O)nc(=O)n1-c1ccc([N+](=O)[O-])cc1. The topological polar surface area (TPSA) is 120 Å². The minimum atomic E-state index is -1.33. The predicted molar refractivity (Wildman–Crippen MR) is 62.4 cm³/mol. The van der Waals surface area contributed by atoms with E-state index in [1.807, 2.05) is 0 Å². The molecule has 9 nitrogen and oxygen atoms in total. The number of nitro groups is 1. The van der Waals surface area contributed by atoms with Gasteiger partial charge in [-0.1, -0.05) is 0 Å². The summed E-state index contributed by atoms with van der Waals surface area (Å²) in [5.74, 6) is -1.75. The van der Waals surface area contributed by atoms with Crippen molar-refractivity contribution in [2.24, 2.45) is 7.05 Å². The van der Waals surface area contributed by atoms with Crippen molar-refractivity contribution in [3.8, 4) is 5.69 Å². The maximum absolute atomic E-state index is 11.6. The van der Waals surface area contributed by atoms with Crippen LogP contribution >= 0.6 is 0 Å². The molecule has 19 heavy (non-hydrogen) atoms. The van der Waals surface area contributed by atoms with Gasteiger partial charge in [0.15, 0.2) is 0 Å². The average molecular weight is 264 g/mol. The number of non-ortho nitro benzene ring substituents is 1. The molecule has 2 rings (SSSR count). The Hall–Kier alpha value is -2.97. The van der Waals surface area contributed by atoms with Gasteiger partial charge in [-0.3, -0.25) is 14.8 Å². The first kappa shape index (κ1) is 12.5. The number of aromatic nitrogens is 3. The van der Waals surface area contributed by atoms with Crippen LogP contribution in [0.5, 0.6) is 0 Å². The van der Waals surface area contributed by atoms with Gasteiger partial charge >= 0.3 is 11.7 Å². The zero-order valence-electron chi connectivity index (χ0n) is 9.68. The van der Waals surface area contributed by atoms with E-state index in [4.69, 9.17) is 5.11 Å². The lowest BCUT2D eigenvalue weighted by Crippen LogP contribution is -2.20. The molecule has 0 radical (unpaired) electrons. The maximum Gasteiger partial charge on any atom is 0.373 e. The molecule has 0 aliphatic heterocycles. The van der Waals surface area contributed by atoms with Crippen LogP contribution in [0.1, 0.15) is 10.6 Å². The lowest BCUT2D eigenvalue weighted by atomic mass is 10.3. The second-order valence-electron chi connectivity index (χ2n) is 3.63. The number of carboxylic acid groups (broad SMARTS) is 1. The molecular weight excluding hydrogens is 256 g/mol. The van der Waals surface area contributed by atoms with Crippen LogP contribution in [0.2, 0.25) is 0 Å². The number of carbonyl (C=O) groups is 1. The molecule has 0 aliphatic rings. The molecule has 98 valence electrons. The second-order valence-corrected chi connectivity index (χ2v) is 3.63. The summed E-state index contributed by atoms with van der Waals surface area (Å²) >= 11 is 0. The summed E-state index contributed by atoms with van der Waals surface area (Å²) < 4.78 is 2.07. The average Bonchev–Trinajstić information content (AvgIpc) is 2.65. The fourth-order valence-electron chi connectivity index (χ4n) is 1.62. The molecule has 0 fully saturated rings. The quantitative estimate of drug-likeness (QED) is 0.623. The first-order chi connectivity index (χ1) is 8.91. The number of nitrogens with zero attached hydrogens (tertiary/aromatic N) is 4. The van der Waals surface area contributed by atoms with Crippen molar-refractivity contribution in [3.63, 3.8) is 0 Å². The van der Waals surface area contributed by atoms with Crippen molar-refractivity contribution in [3.05, 3.63) is 50.7 Å². The van der Waals surface area contributed by atoms with E-state index in [0.717, 1.165) is 9.36 Å². The van der Waals surface area contributed by atoms with Gasteiger partial charge in [-0.15, -0.1) is 0 Å². The molecule has 0 bridgehead atoms. The lowest BCUT2D eigenvalue weighted by molar-refractivity contribution is -0.384. The van der Waals surface area contributed by atoms with E-state index >= 15 is 0 Å². The molecule has 0 saturated carbocycles. The van der Waals surface area contributed by atoms with Crippen molar-refractivity contribution >= 4 is 11.7 Å². The standard InChI is InChI=1S/C10H8N4O5/c1-12-8(9(15)16)11-10(17)13(12)6-2-4-7(5-3-6)14(18)19/h2-5H,1H3,(H,15,16). The van der Waals surface area contributed by atoms with Gasteiger partial charge in [0, 0.05) is 19.2 Å². The molecule has 1 heterocycles. The highest BCUT2D eigenvalue weighted by molar-refractivity contribution is 5.83. The maximum atomic E-state index is 11.6. The Morgan fingerprint density at radius 2 is 1.95 bits per heavy atom. The molecule has 0 atom stereocenters. The highest BCUT2D eigenvalue weighted by Gasteiger charge is 2.17. The summed E-state index contributed by atoms with van der Waals surface area (Å²) in [5.41, 5.74) is -0.607. The van der Waals surface area contributed by atoms with Gasteiger partial charge in [-0.05, 0) is 12.1 Å². The summed E-state index contributed by atoms with van der Waals surface area (Å²) in [5, 5.41) is 19.4. The first-order valence-corrected chi connectivity index (χ1v) is 5.06. The third-order valence-corrected chi connectivity index (χ3v) is 2.49. The summed E-state index contributed by atoms with van der Waals surface area (Å²) in [6, 6.07) is 5.12. The Bertz CT molecular complexity index is 713. The summed E-state index contributed by atoms with van der Waals surface area (Å²) in [7, 11) is 1.36. The molecular formula is C10H8N4O5. The van der Waals surface area contributed by atoms with E-state index in [9.17, 15) is 19.7 Å². The van der Waals surface area contributed by atoms with E-state index in [2.05, 4.69) is 4.98 Å². The van der Waals surface area contributed by atoms with Crippen molar-refractivity contribution in [1.82, 2.24) is 14.3 Å². The Morgan fingerprint density at radius 1 is 1.37 bits per heavy atom. The number of hydrogen-bond acceptors (Lipinski definition) is 5. The molecule has 9 heteroatoms. The van der Waals surface area contributed by atoms with Crippen LogP contribution in [-0.2, 0) is 7.05 Å². The van der Waals surface area contributed by atoms with Crippen molar-refractivity contribution in [1.29, 1.82) is 0 Å². The smallest absolute Gasteiger partial charge is 0.373 e. The molecule has 0 amide bonds. The summed E-state index contributed by atoms with van der Waals surface area (Å²) in [4.78, 5) is 35.8. The minimum Gasteiger partial charge on any atom is -0.475 e. The van der Waals surface area contributed by atoms with Gasteiger partial charge in [0.1, 0.15) is 0 Å². The van der Waals surface area contributed by atoms with Crippen LogP contribution in [0, 0.1) is 10.1 Å². The van der Waals surface area contributed by atoms with E-state index in [1.54, 1.807) is 0 Å². The third-order valence-electron chi connectivity index (χ3n) is 2.49. The van der Waals surface area contributed by atoms with Crippen LogP contribution < -0.4 is 5.69 Å². The van der Waals surface area contributed by atoms with Crippen LogP contribution in [0.25, 0.3) is 5.69 Å². The van der Waals surface area contributed by atoms with E-state index in [-0.39, 0.29) is 11.4 Å². The fraction of sp³-hybridized carbons (Fsp3) is 0.100. The minimum absolute atomic E-state index is 0.127. The zero-order chi connectivity index (χ0) is 14.2. The van der Waals surface area contributed by atoms with Gasteiger partial charge in [0.25, 0.3) is 5.69 Å². The summed E-state index contributed by atoms with van der Waals surface area (Å²) in [6.45, 7) is 0. The van der Waals surface area contributed by atoms with Crippen molar-refractivity contribution in [2.45, 2.75) is 0 Å².